The molecule has 0 saturated carbocycles. The van der Waals surface area contributed by atoms with E-state index in [1.165, 1.54) is 0 Å². The van der Waals surface area contributed by atoms with E-state index in [0.717, 1.165) is 5.56 Å². The Morgan fingerprint density at radius 2 is 2.26 bits per heavy atom. The maximum Gasteiger partial charge on any atom is 0.146 e. The Kier molecular flexibility index (Phi) is 4.74. The van der Waals surface area contributed by atoms with E-state index in [1.54, 1.807) is 12.1 Å². The summed E-state index contributed by atoms with van der Waals surface area (Å²) in [6, 6.07) is 5.28. The lowest BCUT2D eigenvalue weighted by molar-refractivity contribution is -0.0422. The lowest BCUT2D eigenvalue weighted by atomic mass is 10.1. The molecule has 1 aliphatic rings. The standard InChI is InChI=1S/C14H21FN2O2/c1-10-7-17(8-12(9-18)19-10)14-4-3-11(6-16-2)5-13(14)15/h3-5,10,12,16,18H,6-9H2,1-2H3. The van der Waals surface area contributed by atoms with Crippen molar-refractivity contribution in [2.75, 3.05) is 31.6 Å². The van der Waals surface area contributed by atoms with Crippen molar-refractivity contribution >= 4 is 5.69 Å². The van der Waals surface area contributed by atoms with Crippen LogP contribution in [-0.4, -0.2) is 44.1 Å². The fourth-order valence-electron chi connectivity index (χ4n) is 2.46. The summed E-state index contributed by atoms with van der Waals surface area (Å²) in [6.45, 7) is 3.69. The Bertz CT molecular complexity index is 428. The van der Waals surface area contributed by atoms with E-state index in [0.29, 0.717) is 25.3 Å². The average Bonchev–Trinajstić information content (AvgIpc) is 2.38. The van der Waals surface area contributed by atoms with E-state index in [2.05, 4.69) is 5.32 Å². The van der Waals surface area contributed by atoms with Crippen LogP contribution in [0.25, 0.3) is 0 Å². The van der Waals surface area contributed by atoms with Gasteiger partial charge in [-0.05, 0) is 31.7 Å². The van der Waals surface area contributed by atoms with Crippen LogP contribution in [0.2, 0.25) is 0 Å². The molecular weight excluding hydrogens is 247 g/mol. The van der Waals surface area contributed by atoms with Crippen LogP contribution in [0.3, 0.4) is 0 Å². The molecule has 1 aromatic rings. The van der Waals surface area contributed by atoms with E-state index in [-0.39, 0.29) is 24.6 Å². The van der Waals surface area contributed by atoms with Gasteiger partial charge in [-0.2, -0.15) is 0 Å². The molecule has 1 fully saturated rings. The maximum absolute atomic E-state index is 14.1. The fraction of sp³-hybridized carbons (Fsp3) is 0.571. The van der Waals surface area contributed by atoms with Gasteiger partial charge in [0, 0.05) is 19.6 Å². The van der Waals surface area contributed by atoms with Gasteiger partial charge < -0.3 is 20.1 Å². The number of morpholine rings is 1. The van der Waals surface area contributed by atoms with Crippen molar-refractivity contribution in [1.29, 1.82) is 0 Å². The highest BCUT2D eigenvalue weighted by molar-refractivity contribution is 5.50. The maximum atomic E-state index is 14.1. The van der Waals surface area contributed by atoms with E-state index in [4.69, 9.17) is 4.74 Å². The van der Waals surface area contributed by atoms with Gasteiger partial charge in [0.15, 0.2) is 0 Å². The number of halogens is 1. The van der Waals surface area contributed by atoms with Gasteiger partial charge in [0.2, 0.25) is 0 Å². The van der Waals surface area contributed by atoms with E-state index < -0.39 is 0 Å². The molecule has 2 atom stereocenters. The molecule has 0 radical (unpaired) electrons. The van der Waals surface area contributed by atoms with Crippen LogP contribution in [0, 0.1) is 5.82 Å². The van der Waals surface area contributed by atoms with Crippen molar-refractivity contribution < 1.29 is 14.2 Å². The van der Waals surface area contributed by atoms with Crippen molar-refractivity contribution in [1.82, 2.24) is 5.32 Å². The van der Waals surface area contributed by atoms with Gasteiger partial charge in [-0.25, -0.2) is 4.39 Å². The largest absolute Gasteiger partial charge is 0.394 e. The third-order valence-electron chi connectivity index (χ3n) is 3.26. The van der Waals surface area contributed by atoms with Crippen molar-refractivity contribution in [3.05, 3.63) is 29.6 Å². The minimum absolute atomic E-state index is 0.0118. The Labute approximate surface area is 113 Å². The fourth-order valence-corrected chi connectivity index (χ4v) is 2.46. The molecule has 0 spiro atoms. The summed E-state index contributed by atoms with van der Waals surface area (Å²) in [4.78, 5) is 1.94. The second-order valence-corrected chi connectivity index (χ2v) is 4.97. The van der Waals surface area contributed by atoms with Crippen LogP contribution < -0.4 is 10.2 Å². The first-order valence-corrected chi connectivity index (χ1v) is 6.58. The summed E-state index contributed by atoms with van der Waals surface area (Å²) in [6.07, 6.45) is -0.262. The Balaban J connectivity index is 2.16. The minimum atomic E-state index is -0.250. The summed E-state index contributed by atoms with van der Waals surface area (Å²) >= 11 is 0. The lowest BCUT2D eigenvalue weighted by Gasteiger charge is -2.37. The van der Waals surface area contributed by atoms with Crippen molar-refractivity contribution in [2.24, 2.45) is 0 Å². The number of aliphatic hydroxyl groups excluding tert-OH is 1. The number of aliphatic hydroxyl groups is 1. The first kappa shape index (κ1) is 14.2. The van der Waals surface area contributed by atoms with Crippen molar-refractivity contribution in [2.45, 2.75) is 25.7 Å². The quantitative estimate of drug-likeness (QED) is 0.859. The van der Waals surface area contributed by atoms with Gasteiger partial charge in [0.25, 0.3) is 0 Å². The zero-order chi connectivity index (χ0) is 13.8. The topological polar surface area (TPSA) is 44.7 Å². The molecule has 0 aromatic heterocycles. The predicted molar refractivity (Wildman–Crippen MR) is 72.8 cm³/mol. The van der Waals surface area contributed by atoms with Crippen LogP contribution >= 0.6 is 0 Å². The number of ether oxygens (including phenoxy) is 1. The summed E-state index contributed by atoms with van der Waals surface area (Å²) in [5, 5.41) is 12.2. The molecule has 2 rings (SSSR count). The smallest absolute Gasteiger partial charge is 0.146 e. The molecule has 0 amide bonds. The first-order valence-electron chi connectivity index (χ1n) is 6.58. The number of anilines is 1. The van der Waals surface area contributed by atoms with Gasteiger partial charge in [-0.3, -0.25) is 0 Å². The van der Waals surface area contributed by atoms with E-state index >= 15 is 0 Å². The summed E-state index contributed by atoms with van der Waals surface area (Å²) < 4.78 is 19.7. The number of hydrogen-bond acceptors (Lipinski definition) is 4. The zero-order valence-corrected chi connectivity index (χ0v) is 11.4. The van der Waals surface area contributed by atoms with E-state index in [9.17, 15) is 9.50 Å². The summed E-state index contributed by atoms with van der Waals surface area (Å²) in [5.41, 5.74) is 1.50. The third-order valence-corrected chi connectivity index (χ3v) is 3.26. The minimum Gasteiger partial charge on any atom is -0.394 e. The summed E-state index contributed by atoms with van der Waals surface area (Å²) in [7, 11) is 1.83. The SMILES string of the molecule is CNCc1ccc(N2CC(C)OC(CO)C2)c(F)c1. The number of hydrogen-bond donors (Lipinski definition) is 2. The second-order valence-electron chi connectivity index (χ2n) is 4.97. The zero-order valence-electron chi connectivity index (χ0n) is 11.4. The number of nitrogens with one attached hydrogen (secondary N) is 1. The van der Waals surface area contributed by atoms with E-state index in [1.807, 2.05) is 24.9 Å². The normalized spacial score (nSPS) is 23.7. The Morgan fingerprint density at radius 1 is 1.47 bits per heavy atom. The highest BCUT2D eigenvalue weighted by atomic mass is 19.1. The lowest BCUT2D eigenvalue weighted by Crippen LogP contribution is -2.48. The molecule has 2 N–H and O–H groups in total. The molecule has 4 nitrogen and oxygen atoms in total. The predicted octanol–water partition coefficient (Wildman–Crippen LogP) is 1.13. The summed E-state index contributed by atoms with van der Waals surface area (Å²) in [5.74, 6) is -0.224. The third kappa shape index (κ3) is 3.43. The van der Waals surface area contributed by atoms with Crippen LogP contribution in [-0.2, 0) is 11.3 Å². The molecule has 5 heteroatoms. The molecule has 1 aliphatic heterocycles. The number of nitrogens with zero attached hydrogens (tertiary/aromatic N) is 1. The van der Waals surface area contributed by atoms with Crippen molar-refractivity contribution in [3.8, 4) is 0 Å². The van der Waals surface area contributed by atoms with Crippen molar-refractivity contribution in [3.63, 3.8) is 0 Å². The van der Waals surface area contributed by atoms with Crippen LogP contribution in [0.1, 0.15) is 12.5 Å². The van der Waals surface area contributed by atoms with Gasteiger partial charge >= 0.3 is 0 Å². The molecule has 1 aromatic carbocycles. The molecular formula is C14H21FN2O2. The first-order chi connectivity index (χ1) is 9.13. The van der Waals surface area contributed by atoms with Gasteiger partial charge in [0.05, 0.1) is 24.5 Å². The molecule has 106 valence electrons. The van der Waals surface area contributed by atoms with Crippen LogP contribution in [0.5, 0.6) is 0 Å². The number of rotatable bonds is 4. The monoisotopic (exact) mass is 268 g/mol. The molecule has 19 heavy (non-hydrogen) atoms. The van der Waals surface area contributed by atoms with Gasteiger partial charge in [0.1, 0.15) is 5.82 Å². The molecule has 2 unspecified atom stereocenters. The average molecular weight is 268 g/mol. The van der Waals surface area contributed by atoms with Gasteiger partial charge in [-0.15, -0.1) is 0 Å². The molecule has 0 aliphatic carbocycles. The highest BCUT2D eigenvalue weighted by Crippen LogP contribution is 2.24. The van der Waals surface area contributed by atoms with Crippen LogP contribution in [0.4, 0.5) is 10.1 Å². The number of benzene rings is 1. The Hall–Kier alpha value is -1.17. The second kappa shape index (κ2) is 6.32. The van der Waals surface area contributed by atoms with Gasteiger partial charge in [-0.1, -0.05) is 6.07 Å². The Morgan fingerprint density at radius 3 is 2.89 bits per heavy atom. The molecule has 0 bridgehead atoms. The van der Waals surface area contributed by atoms with Crippen LogP contribution in [0.15, 0.2) is 18.2 Å². The highest BCUT2D eigenvalue weighted by Gasteiger charge is 2.26. The molecule has 1 heterocycles. The molecule has 1 saturated heterocycles.